The standard InChI is InChI=1S/C21H24N4O3/c1-5-22-17-10-12(2)9-15(13(17)3)20(27)24-11-16-18(26)14-7-6-8-23-19(14)25-21(16)28-4/h6-10,22H,5,11H2,1-4H3,(H,24,27)(H,23,25,26). The number of hydrogen-bond donors (Lipinski definition) is 3. The van der Waals surface area contributed by atoms with Crippen LogP contribution in [0.3, 0.4) is 0 Å². The Hall–Kier alpha value is -3.35. The van der Waals surface area contributed by atoms with Crippen LogP contribution in [0.1, 0.15) is 34.0 Å². The van der Waals surface area contributed by atoms with Gasteiger partial charge in [-0.05, 0) is 56.2 Å². The van der Waals surface area contributed by atoms with E-state index in [0.717, 1.165) is 23.4 Å². The van der Waals surface area contributed by atoms with Gasteiger partial charge in [-0.1, -0.05) is 0 Å². The fraction of sp³-hybridized carbons (Fsp3) is 0.286. The molecule has 7 heteroatoms. The van der Waals surface area contributed by atoms with E-state index in [0.29, 0.717) is 28.0 Å². The highest BCUT2D eigenvalue weighted by Gasteiger charge is 2.17. The van der Waals surface area contributed by atoms with Crippen LogP contribution in [-0.2, 0) is 6.54 Å². The highest BCUT2D eigenvalue weighted by atomic mass is 16.5. The predicted octanol–water partition coefficient (Wildman–Crippen LogP) is 2.91. The molecule has 0 aliphatic carbocycles. The number of amides is 1. The molecule has 0 radical (unpaired) electrons. The van der Waals surface area contributed by atoms with Crippen molar-refractivity contribution in [3.8, 4) is 5.88 Å². The minimum absolute atomic E-state index is 0.0477. The van der Waals surface area contributed by atoms with Crippen LogP contribution in [0.2, 0.25) is 0 Å². The molecule has 0 atom stereocenters. The number of H-pyrrole nitrogens is 1. The van der Waals surface area contributed by atoms with E-state index in [1.54, 1.807) is 18.3 Å². The van der Waals surface area contributed by atoms with Crippen molar-refractivity contribution in [3.05, 3.63) is 62.9 Å². The maximum Gasteiger partial charge on any atom is 0.251 e. The Balaban J connectivity index is 1.92. The van der Waals surface area contributed by atoms with Crippen LogP contribution in [-0.4, -0.2) is 29.5 Å². The number of nitrogens with zero attached hydrogens (tertiary/aromatic N) is 1. The Labute approximate surface area is 163 Å². The molecule has 146 valence electrons. The van der Waals surface area contributed by atoms with Gasteiger partial charge in [0.15, 0.2) is 5.43 Å². The summed E-state index contributed by atoms with van der Waals surface area (Å²) >= 11 is 0. The van der Waals surface area contributed by atoms with Gasteiger partial charge in [0, 0.05) is 24.0 Å². The smallest absolute Gasteiger partial charge is 0.251 e. The quantitative estimate of drug-likeness (QED) is 0.611. The van der Waals surface area contributed by atoms with Crippen LogP contribution < -0.4 is 20.8 Å². The Kier molecular flexibility index (Phi) is 5.63. The lowest BCUT2D eigenvalue weighted by Crippen LogP contribution is -2.28. The fourth-order valence-electron chi connectivity index (χ4n) is 3.20. The molecule has 0 aliphatic heterocycles. The molecule has 1 aromatic carbocycles. The first kappa shape index (κ1) is 19.4. The maximum absolute atomic E-state index is 12.8. The molecular weight excluding hydrogens is 356 g/mol. The Morgan fingerprint density at radius 3 is 2.79 bits per heavy atom. The second-order valence-electron chi connectivity index (χ2n) is 6.56. The lowest BCUT2D eigenvalue weighted by atomic mass is 10.0. The van der Waals surface area contributed by atoms with E-state index in [9.17, 15) is 9.59 Å². The van der Waals surface area contributed by atoms with Gasteiger partial charge in [0.2, 0.25) is 5.88 Å². The van der Waals surface area contributed by atoms with E-state index < -0.39 is 0 Å². The molecule has 2 heterocycles. The molecular formula is C21H24N4O3. The zero-order valence-electron chi connectivity index (χ0n) is 16.5. The molecule has 3 N–H and O–H groups in total. The summed E-state index contributed by atoms with van der Waals surface area (Å²) in [6.07, 6.45) is 1.60. The highest BCUT2D eigenvalue weighted by molar-refractivity contribution is 5.97. The van der Waals surface area contributed by atoms with E-state index in [-0.39, 0.29) is 17.9 Å². The van der Waals surface area contributed by atoms with E-state index in [1.165, 1.54) is 7.11 Å². The Morgan fingerprint density at radius 1 is 1.29 bits per heavy atom. The Bertz CT molecular complexity index is 1090. The predicted molar refractivity (Wildman–Crippen MR) is 110 cm³/mol. The number of carbonyl (C=O) groups excluding carboxylic acids is 1. The largest absolute Gasteiger partial charge is 0.482 e. The van der Waals surface area contributed by atoms with E-state index in [4.69, 9.17) is 4.74 Å². The number of hydrogen-bond acceptors (Lipinski definition) is 5. The van der Waals surface area contributed by atoms with Crippen LogP contribution in [0.5, 0.6) is 5.88 Å². The fourth-order valence-corrected chi connectivity index (χ4v) is 3.20. The van der Waals surface area contributed by atoms with Gasteiger partial charge in [0.25, 0.3) is 5.91 Å². The number of ether oxygens (including phenoxy) is 1. The minimum atomic E-state index is -0.243. The van der Waals surface area contributed by atoms with E-state index in [2.05, 4.69) is 20.6 Å². The minimum Gasteiger partial charge on any atom is -0.482 e. The summed E-state index contributed by atoms with van der Waals surface area (Å²) in [5, 5.41) is 6.57. The number of fused-ring (bicyclic) bond motifs is 1. The number of methoxy groups -OCH3 is 1. The van der Waals surface area contributed by atoms with E-state index in [1.807, 2.05) is 32.9 Å². The number of aromatic nitrogens is 2. The highest BCUT2D eigenvalue weighted by Crippen LogP contribution is 2.22. The number of pyridine rings is 2. The first-order valence-corrected chi connectivity index (χ1v) is 9.13. The van der Waals surface area contributed by atoms with Crippen LogP contribution in [0.25, 0.3) is 11.0 Å². The van der Waals surface area contributed by atoms with Crippen molar-refractivity contribution >= 4 is 22.6 Å². The second-order valence-corrected chi connectivity index (χ2v) is 6.56. The summed E-state index contributed by atoms with van der Waals surface area (Å²) in [7, 11) is 1.47. The number of aryl methyl sites for hydroxylation is 1. The number of anilines is 1. The van der Waals surface area contributed by atoms with Gasteiger partial charge in [0.1, 0.15) is 5.65 Å². The maximum atomic E-state index is 12.8. The van der Waals surface area contributed by atoms with Crippen LogP contribution in [0.4, 0.5) is 5.69 Å². The van der Waals surface area contributed by atoms with Crippen LogP contribution in [0.15, 0.2) is 35.3 Å². The molecule has 3 aromatic rings. The van der Waals surface area contributed by atoms with Crippen LogP contribution in [0, 0.1) is 13.8 Å². The monoisotopic (exact) mass is 380 g/mol. The summed E-state index contributed by atoms with van der Waals surface area (Å²) in [5.41, 5.74) is 3.95. The topological polar surface area (TPSA) is 96.1 Å². The normalized spacial score (nSPS) is 10.7. The number of aromatic amines is 1. The van der Waals surface area contributed by atoms with E-state index >= 15 is 0 Å². The molecule has 7 nitrogen and oxygen atoms in total. The molecule has 0 unspecified atom stereocenters. The SMILES string of the molecule is CCNc1cc(C)cc(C(=O)NCc2c(OC)[nH]c3ncccc3c2=O)c1C. The van der Waals surface area contributed by atoms with Crippen LogP contribution >= 0.6 is 0 Å². The lowest BCUT2D eigenvalue weighted by molar-refractivity contribution is 0.0950. The molecule has 0 saturated heterocycles. The first-order chi connectivity index (χ1) is 13.5. The molecule has 0 spiro atoms. The van der Waals surface area contributed by atoms with Gasteiger partial charge in [-0.25, -0.2) is 4.98 Å². The molecule has 0 saturated carbocycles. The van der Waals surface area contributed by atoms with Crippen molar-refractivity contribution < 1.29 is 9.53 Å². The summed E-state index contributed by atoms with van der Waals surface area (Å²) in [6.45, 7) is 6.67. The number of nitrogens with one attached hydrogen (secondary N) is 3. The molecule has 0 fully saturated rings. The summed E-state index contributed by atoms with van der Waals surface area (Å²) < 4.78 is 5.31. The van der Waals surface area contributed by atoms with Crippen molar-refractivity contribution in [1.29, 1.82) is 0 Å². The third-order valence-electron chi connectivity index (χ3n) is 4.63. The zero-order valence-corrected chi connectivity index (χ0v) is 16.5. The molecule has 3 rings (SSSR count). The summed E-state index contributed by atoms with van der Waals surface area (Å²) in [4.78, 5) is 32.8. The average molecular weight is 380 g/mol. The van der Waals surface area contributed by atoms with Crippen molar-refractivity contribution in [2.24, 2.45) is 0 Å². The van der Waals surface area contributed by atoms with Gasteiger partial charge in [-0.3, -0.25) is 9.59 Å². The zero-order chi connectivity index (χ0) is 20.3. The van der Waals surface area contributed by atoms with Crippen molar-refractivity contribution in [2.45, 2.75) is 27.3 Å². The number of rotatable bonds is 6. The molecule has 0 aliphatic rings. The summed E-state index contributed by atoms with van der Waals surface area (Å²) in [5.74, 6) is 0.0545. The van der Waals surface area contributed by atoms with Crippen molar-refractivity contribution in [1.82, 2.24) is 15.3 Å². The van der Waals surface area contributed by atoms with Gasteiger partial charge in [-0.2, -0.15) is 0 Å². The molecule has 1 amide bonds. The van der Waals surface area contributed by atoms with Crippen molar-refractivity contribution in [2.75, 3.05) is 19.0 Å². The third kappa shape index (κ3) is 3.69. The third-order valence-corrected chi connectivity index (χ3v) is 4.63. The number of carbonyl (C=O) groups is 1. The molecule has 28 heavy (non-hydrogen) atoms. The average Bonchev–Trinajstić information content (AvgIpc) is 2.69. The molecule has 0 bridgehead atoms. The van der Waals surface area contributed by atoms with Gasteiger partial charge < -0.3 is 20.4 Å². The first-order valence-electron chi connectivity index (χ1n) is 9.13. The number of benzene rings is 1. The van der Waals surface area contributed by atoms with Crippen molar-refractivity contribution in [3.63, 3.8) is 0 Å². The van der Waals surface area contributed by atoms with Gasteiger partial charge >= 0.3 is 0 Å². The second kappa shape index (κ2) is 8.12. The van der Waals surface area contributed by atoms with Gasteiger partial charge in [-0.15, -0.1) is 0 Å². The lowest BCUT2D eigenvalue weighted by Gasteiger charge is -2.15. The summed E-state index contributed by atoms with van der Waals surface area (Å²) in [6, 6.07) is 7.25. The van der Waals surface area contributed by atoms with Gasteiger partial charge in [0.05, 0.1) is 24.6 Å². The Morgan fingerprint density at radius 2 is 2.07 bits per heavy atom. The molecule has 2 aromatic heterocycles.